The highest BCUT2D eigenvalue weighted by Gasteiger charge is 2.23. The molecule has 2 aromatic rings. The third-order valence-electron chi connectivity index (χ3n) is 4.64. The Balaban J connectivity index is 1.64. The number of hydrogen-bond donors (Lipinski definition) is 1. The normalized spacial score (nSPS) is 15.6. The van der Waals surface area contributed by atoms with Gasteiger partial charge in [-0.15, -0.1) is 0 Å². The highest BCUT2D eigenvalue weighted by molar-refractivity contribution is 7.90. The molecule has 0 aromatic heterocycles. The zero-order valence-corrected chi connectivity index (χ0v) is 16.1. The molecule has 0 spiro atoms. The molecule has 27 heavy (non-hydrogen) atoms. The fourth-order valence-corrected chi connectivity index (χ4v) is 3.81. The molecule has 2 aromatic carbocycles. The van der Waals surface area contributed by atoms with Gasteiger partial charge in [-0.1, -0.05) is 0 Å². The molecule has 0 unspecified atom stereocenters. The van der Waals surface area contributed by atoms with Gasteiger partial charge in [0, 0.05) is 38.3 Å². The molecule has 3 rings (SSSR count). The molecular formula is C19H23FN2O4S. The van der Waals surface area contributed by atoms with Crippen molar-refractivity contribution >= 4 is 21.2 Å². The van der Waals surface area contributed by atoms with Gasteiger partial charge >= 0.3 is 0 Å². The fourth-order valence-electron chi connectivity index (χ4n) is 3.15. The summed E-state index contributed by atoms with van der Waals surface area (Å²) in [6.07, 6.45) is 2.47. The second-order valence-corrected chi connectivity index (χ2v) is 8.61. The number of methoxy groups -OCH3 is 1. The topological polar surface area (TPSA) is 81.9 Å². The van der Waals surface area contributed by atoms with Crippen LogP contribution in [0.4, 0.5) is 15.8 Å². The quantitative estimate of drug-likeness (QED) is 0.786. The van der Waals surface area contributed by atoms with Crippen LogP contribution in [0.2, 0.25) is 0 Å². The minimum Gasteiger partial charge on any atom is -0.497 e. The summed E-state index contributed by atoms with van der Waals surface area (Å²) in [7, 11) is -1.80. The molecule has 0 atom stereocenters. The smallest absolute Gasteiger partial charge is 0.175 e. The Kier molecular flexibility index (Phi) is 5.46. The van der Waals surface area contributed by atoms with Crippen LogP contribution in [0.5, 0.6) is 11.5 Å². The molecule has 6 nitrogen and oxygen atoms in total. The third kappa shape index (κ3) is 4.44. The first-order valence-corrected chi connectivity index (χ1v) is 10.5. The van der Waals surface area contributed by atoms with Crippen molar-refractivity contribution in [3.63, 3.8) is 0 Å². The number of anilines is 2. The molecule has 1 aliphatic rings. The van der Waals surface area contributed by atoms with Gasteiger partial charge < -0.3 is 20.1 Å². The van der Waals surface area contributed by atoms with Gasteiger partial charge in [-0.2, -0.15) is 0 Å². The van der Waals surface area contributed by atoms with Crippen LogP contribution in [0.1, 0.15) is 12.8 Å². The largest absolute Gasteiger partial charge is 0.497 e. The van der Waals surface area contributed by atoms with Crippen molar-refractivity contribution in [3.05, 3.63) is 42.2 Å². The average Bonchev–Trinajstić information content (AvgIpc) is 2.63. The van der Waals surface area contributed by atoms with Crippen LogP contribution in [-0.4, -0.2) is 41.0 Å². The predicted octanol–water partition coefficient (Wildman–Crippen LogP) is 2.87. The van der Waals surface area contributed by atoms with E-state index in [1.165, 1.54) is 19.2 Å². The summed E-state index contributed by atoms with van der Waals surface area (Å²) in [4.78, 5) is 2.29. The zero-order chi connectivity index (χ0) is 19.6. The number of sulfone groups is 1. The molecule has 0 bridgehead atoms. The molecular weight excluding hydrogens is 371 g/mol. The molecule has 0 aliphatic carbocycles. The lowest BCUT2D eigenvalue weighted by molar-refractivity contribution is 0.163. The van der Waals surface area contributed by atoms with Crippen molar-refractivity contribution in [2.75, 3.05) is 37.1 Å². The molecule has 0 saturated carbocycles. The molecule has 0 amide bonds. The Morgan fingerprint density at radius 3 is 2.41 bits per heavy atom. The lowest BCUT2D eigenvalue weighted by Gasteiger charge is -2.34. The van der Waals surface area contributed by atoms with Crippen LogP contribution in [0.15, 0.2) is 41.3 Å². The summed E-state index contributed by atoms with van der Waals surface area (Å²) in [5.41, 5.74) is 7.29. The van der Waals surface area contributed by atoms with Crippen molar-refractivity contribution in [1.29, 1.82) is 0 Å². The standard InChI is InChI=1S/C19H23FN2O4S/c1-25-14-3-6-19(16(20)11-14)26-13-7-9-22(10-8-13)18-5-4-15(12-17(18)21)27(2,23)24/h3-6,11-13H,7-10,21H2,1-2H3. The van der Waals surface area contributed by atoms with E-state index in [0.29, 0.717) is 37.4 Å². The van der Waals surface area contributed by atoms with Crippen LogP contribution in [0.3, 0.4) is 0 Å². The highest BCUT2D eigenvalue weighted by atomic mass is 32.2. The van der Waals surface area contributed by atoms with E-state index in [4.69, 9.17) is 15.2 Å². The van der Waals surface area contributed by atoms with Crippen LogP contribution >= 0.6 is 0 Å². The van der Waals surface area contributed by atoms with E-state index in [1.54, 1.807) is 24.3 Å². The van der Waals surface area contributed by atoms with E-state index in [9.17, 15) is 12.8 Å². The summed E-state index contributed by atoms with van der Waals surface area (Å²) in [6.45, 7) is 1.37. The van der Waals surface area contributed by atoms with E-state index in [2.05, 4.69) is 4.90 Å². The Bertz CT molecular complexity index is 925. The zero-order valence-electron chi connectivity index (χ0n) is 15.3. The van der Waals surface area contributed by atoms with E-state index >= 15 is 0 Å². The Morgan fingerprint density at radius 1 is 1.15 bits per heavy atom. The molecule has 1 heterocycles. The average molecular weight is 394 g/mol. The second kappa shape index (κ2) is 7.64. The van der Waals surface area contributed by atoms with Crippen molar-refractivity contribution in [3.8, 4) is 11.5 Å². The number of halogens is 1. The van der Waals surface area contributed by atoms with Crippen LogP contribution in [0, 0.1) is 5.82 Å². The predicted molar refractivity (Wildman–Crippen MR) is 103 cm³/mol. The number of nitrogen functional groups attached to an aromatic ring is 1. The van der Waals surface area contributed by atoms with Gasteiger partial charge in [-0.3, -0.25) is 0 Å². The number of piperidine rings is 1. The number of ether oxygens (including phenoxy) is 2. The molecule has 1 saturated heterocycles. The number of nitrogens with zero attached hydrogens (tertiary/aromatic N) is 1. The Labute approximate surface area is 158 Å². The number of rotatable bonds is 5. The number of hydrogen-bond acceptors (Lipinski definition) is 6. The maximum atomic E-state index is 14.0. The Morgan fingerprint density at radius 2 is 1.85 bits per heavy atom. The first-order chi connectivity index (χ1) is 12.8. The molecule has 1 fully saturated rings. The molecule has 0 radical (unpaired) electrons. The first-order valence-electron chi connectivity index (χ1n) is 8.62. The van der Waals surface area contributed by atoms with E-state index in [0.717, 1.165) is 11.9 Å². The minimum atomic E-state index is -3.29. The van der Waals surface area contributed by atoms with Gasteiger partial charge in [0.25, 0.3) is 0 Å². The van der Waals surface area contributed by atoms with Gasteiger partial charge in [0.15, 0.2) is 21.4 Å². The van der Waals surface area contributed by atoms with Crippen molar-refractivity contribution in [2.24, 2.45) is 0 Å². The molecule has 146 valence electrons. The van der Waals surface area contributed by atoms with Gasteiger partial charge in [0.1, 0.15) is 11.9 Å². The number of benzene rings is 2. The fraction of sp³-hybridized carbons (Fsp3) is 0.368. The third-order valence-corrected chi connectivity index (χ3v) is 5.75. The van der Waals surface area contributed by atoms with Crippen LogP contribution in [-0.2, 0) is 9.84 Å². The van der Waals surface area contributed by atoms with Crippen molar-refractivity contribution < 1.29 is 22.3 Å². The highest BCUT2D eigenvalue weighted by Crippen LogP contribution is 2.30. The van der Waals surface area contributed by atoms with Crippen molar-refractivity contribution in [1.82, 2.24) is 0 Å². The summed E-state index contributed by atoms with van der Waals surface area (Å²) in [5, 5.41) is 0. The maximum absolute atomic E-state index is 14.0. The van der Waals surface area contributed by atoms with Crippen LogP contribution < -0.4 is 20.1 Å². The van der Waals surface area contributed by atoms with Gasteiger partial charge in [-0.05, 0) is 30.3 Å². The summed E-state index contributed by atoms with van der Waals surface area (Å²) in [5.74, 6) is 0.214. The lowest BCUT2D eigenvalue weighted by atomic mass is 10.1. The Hall–Kier alpha value is -2.48. The molecule has 2 N–H and O–H groups in total. The van der Waals surface area contributed by atoms with Gasteiger partial charge in [0.05, 0.1) is 23.4 Å². The second-order valence-electron chi connectivity index (χ2n) is 6.59. The van der Waals surface area contributed by atoms with E-state index < -0.39 is 15.7 Å². The van der Waals surface area contributed by atoms with Gasteiger partial charge in [-0.25, -0.2) is 12.8 Å². The summed E-state index contributed by atoms with van der Waals surface area (Å²) in [6, 6.07) is 9.32. The van der Waals surface area contributed by atoms with Crippen molar-refractivity contribution in [2.45, 2.75) is 23.8 Å². The van der Waals surface area contributed by atoms with Gasteiger partial charge in [0.2, 0.25) is 0 Å². The molecule has 8 heteroatoms. The summed E-state index contributed by atoms with van der Waals surface area (Å²) >= 11 is 0. The molecule has 1 aliphatic heterocycles. The van der Waals surface area contributed by atoms with E-state index in [1.807, 2.05) is 0 Å². The first kappa shape index (κ1) is 19.3. The SMILES string of the molecule is COc1ccc(OC2CCN(c3ccc(S(C)(=O)=O)cc3N)CC2)c(F)c1. The maximum Gasteiger partial charge on any atom is 0.175 e. The van der Waals surface area contributed by atoms with Crippen LogP contribution in [0.25, 0.3) is 0 Å². The minimum absolute atomic E-state index is 0.0966. The summed E-state index contributed by atoms with van der Waals surface area (Å²) < 4.78 is 48.1. The number of nitrogens with two attached hydrogens (primary N) is 1. The lowest BCUT2D eigenvalue weighted by Crippen LogP contribution is -2.38. The van der Waals surface area contributed by atoms with E-state index in [-0.39, 0.29) is 16.7 Å². The monoisotopic (exact) mass is 394 g/mol.